The summed E-state index contributed by atoms with van der Waals surface area (Å²) in [5.74, 6) is -0.0149. The van der Waals surface area contributed by atoms with Gasteiger partial charge in [0.15, 0.2) is 6.04 Å². The molecule has 0 spiro atoms. The van der Waals surface area contributed by atoms with Gasteiger partial charge in [0.1, 0.15) is 13.2 Å². The highest BCUT2D eigenvalue weighted by Crippen LogP contribution is 2.35. The molecule has 0 fully saturated rings. The first-order valence-electron chi connectivity index (χ1n) is 13.8. The Labute approximate surface area is 236 Å². The first-order valence-corrected chi connectivity index (χ1v) is 13.8. The molecule has 208 valence electrons. The molecule has 3 N–H and O–H groups in total. The Bertz CT molecular complexity index is 1480. The number of pyridine rings is 1. The van der Waals surface area contributed by atoms with Gasteiger partial charge in [-0.15, -0.1) is 0 Å². The molecule has 2 amide bonds. The number of benzene rings is 3. The molecule has 0 saturated carbocycles. The van der Waals surface area contributed by atoms with E-state index < -0.39 is 11.9 Å². The van der Waals surface area contributed by atoms with Crippen molar-refractivity contribution >= 4 is 22.6 Å². The zero-order valence-electron chi connectivity index (χ0n) is 23.8. The first-order chi connectivity index (χ1) is 19.2. The molecule has 4 aromatic rings. The number of nitrogens with zero attached hydrogens (tertiary/aromatic N) is 2. The summed E-state index contributed by atoms with van der Waals surface area (Å²) in [5.41, 5.74) is 9.55. The molecule has 1 heterocycles. The number of primary amides is 1. The lowest BCUT2D eigenvalue weighted by atomic mass is 9.90. The SMILES string of the molecule is CCCCc1cc2ccccc2c(OCC[N+](C)(C)[C@@H](C(=O)NC)c2ccc(C(N)=O)cc2-c2ccccc2)n1. The minimum Gasteiger partial charge on any atom is -0.471 e. The maximum absolute atomic E-state index is 13.4. The summed E-state index contributed by atoms with van der Waals surface area (Å²) < 4.78 is 6.64. The van der Waals surface area contributed by atoms with Crippen molar-refractivity contribution in [2.75, 3.05) is 34.3 Å². The molecule has 7 heteroatoms. The van der Waals surface area contributed by atoms with E-state index >= 15 is 0 Å². The van der Waals surface area contributed by atoms with Gasteiger partial charge < -0.3 is 20.3 Å². The van der Waals surface area contributed by atoms with Crippen LogP contribution >= 0.6 is 0 Å². The van der Waals surface area contributed by atoms with E-state index in [1.165, 1.54) is 0 Å². The van der Waals surface area contributed by atoms with E-state index in [-0.39, 0.29) is 5.91 Å². The van der Waals surface area contributed by atoms with Gasteiger partial charge in [-0.1, -0.05) is 67.9 Å². The highest BCUT2D eigenvalue weighted by molar-refractivity contribution is 5.95. The largest absolute Gasteiger partial charge is 0.471 e. The van der Waals surface area contributed by atoms with Crippen LogP contribution in [0, 0.1) is 0 Å². The van der Waals surface area contributed by atoms with Crippen molar-refractivity contribution in [2.24, 2.45) is 5.73 Å². The smallest absolute Gasteiger partial charge is 0.283 e. The third kappa shape index (κ3) is 6.49. The minimum atomic E-state index is -0.564. The summed E-state index contributed by atoms with van der Waals surface area (Å²) in [6, 6.07) is 24.8. The molecule has 0 aliphatic heterocycles. The number of nitrogens with two attached hydrogens (primary N) is 1. The number of nitrogens with one attached hydrogen (secondary N) is 1. The molecule has 0 aliphatic rings. The van der Waals surface area contributed by atoms with Gasteiger partial charge in [-0.2, -0.15) is 0 Å². The summed E-state index contributed by atoms with van der Waals surface area (Å²) >= 11 is 0. The number of carbonyl (C=O) groups is 2. The van der Waals surface area contributed by atoms with Crippen molar-refractivity contribution in [3.8, 4) is 17.0 Å². The van der Waals surface area contributed by atoms with E-state index in [9.17, 15) is 9.59 Å². The van der Waals surface area contributed by atoms with E-state index in [2.05, 4.69) is 24.4 Å². The number of likely N-dealkylation sites (N-methyl/N-ethyl adjacent to an activating group) is 2. The number of carbonyl (C=O) groups excluding carboxylic acids is 2. The lowest BCUT2D eigenvalue weighted by Gasteiger charge is -2.37. The van der Waals surface area contributed by atoms with Crippen LogP contribution in [0.1, 0.15) is 47.4 Å². The molecule has 7 nitrogen and oxygen atoms in total. The Kier molecular flexibility index (Phi) is 9.17. The number of fused-ring (bicyclic) bond motifs is 1. The number of unbranched alkanes of at least 4 members (excludes halogenated alkanes) is 1. The van der Waals surface area contributed by atoms with Crippen molar-refractivity contribution in [3.05, 3.63) is 95.7 Å². The molecule has 0 saturated heterocycles. The molecule has 1 atom stereocenters. The Morgan fingerprint density at radius 3 is 2.42 bits per heavy atom. The number of aryl methyl sites for hydroxylation is 1. The van der Waals surface area contributed by atoms with Gasteiger partial charge >= 0.3 is 0 Å². The van der Waals surface area contributed by atoms with Gasteiger partial charge in [0.2, 0.25) is 11.8 Å². The van der Waals surface area contributed by atoms with Gasteiger partial charge in [-0.25, -0.2) is 4.98 Å². The first kappa shape index (κ1) is 28.8. The monoisotopic (exact) mass is 539 g/mol. The number of hydrogen-bond acceptors (Lipinski definition) is 4. The number of ether oxygens (including phenoxy) is 1. The Morgan fingerprint density at radius 2 is 1.73 bits per heavy atom. The molecule has 0 bridgehead atoms. The molecule has 0 aliphatic carbocycles. The summed E-state index contributed by atoms with van der Waals surface area (Å²) in [6.07, 6.45) is 3.07. The van der Waals surface area contributed by atoms with Crippen LogP contribution in [0.3, 0.4) is 0 Å². The van der Waals surface area contributed by atoms with Crippen LogP contribution in [0.4, 0.5) is 0 Å². The fourth-order valence-corrected chi connectivity index (χ4v) is 5.11. The van der Waals surface area contributed by atoms with Crippen LogP contribution in [-0.2, 0) is 11.2 Å². The predicted octanol–water partition coefficient (Wildman–Crippen LogP) is 5.29. The summed E-state index contributed by atoms with van der Waals surface area (Å²) in [6.45, 7) is 3.08. The predicted molar refractivity (Wildman–Crippen MR) is 160 cm³/mol. The quantitative estimate of drug-likeness (QED) is 0.239. The Morgan fingerprint density at radius 1 is 1.00 bits per heavy atom. The molecule has 3 aromatic carbocycles. The molecule has 0 radical (unpaired) electrons. The second-order valence-corrected chi connectivity index (χ2v) is 10.6. The lowest BCUT2D eigenvalue weighted by Crippen LogP contribution is -2.51. The van der Waals surface area contributed by atoms with Crippen LogP contribution in [0.5, 0.6) is 5.88 Å². The number of hydrogen-bond donors (Lipinski definition) is 2. The third-order valence-electron chi connectivity index (χ3n) is 7.36. The van der Waals surface area contributed by atoms with Crippen LogP contribution in [0.15, 0.2) is 78.9 Å². The zero-order valence-corrected chi connectivity index (χ0v) is 23.8. The molecule has 4 rings (SSSR count). The fourth-order valence-electron chi connectivity index (χ4n) is 5.11. The van der Waals surface area contributed by atoms with E-state index in [1.54, 1.807) is 19.2 Å². The second kappa shape index (κ2) is 12.7. The molecule has 40 heavy (non-hydrogen) atoms. The highest BCUT2D eigenvalue weighted by atomic mass is 16.5. The van der Waals surface area contributed by atoms with Crippen LogP contribution in [0.25, 0.3) is 21.9 Å². The third-order valence-corrected chi connectivity index (χ3v) is 7.36. The highest BCUT2D eigenvalue weighted by Gasteiger charge is 2.38. The normalized spacial score (nSPS) is 12.2. The second-order valence-electron chi connectivity index (χ2n) is 10.6. The van der Waals surface area contributed by atoms with Gasteiger partial charge in [0.25, 0.3) is 5.91 Å². The van der Waals surface area contributed by atoms with E-state index in [4.69, 9.17) is 15.5 Å². The van der Waals surface area contributed by atoms with Gasteiger partial charge in [-0.3, -0.25) is 9.59 Å². The number of quaternary nitrogens is 1. The Hall–Kier alpha value is -4.23. The van der Waals surface area contributed by atoms with Gasteiger partial charge in [0, 0.05) is 29.3 Å². The number of rotatable bonds is 12. The van der Waals surface area contributed by atoms with Crippen molar-refractivity contribution in [2.45, 2.75) is 32.2 Å². The van der Waals surface area contributed by atoms with Crippen molar-refractivity contribution < 1.29 is 18.8 Å². The number of amides is 2. The minimum absolute atomic E-state index is 0.126. The fraction of sp³-hybridized carbons (Fsp3) is 0.303. The lowest BCUT2D eigenvalue weighted by molar-refractivity contribution is -0.911. The maximum Gasteiger partial charge on any atom is 0.283 e. The van der Waals surface area contributed by atoms with Crippen LogP contribution < -0.4 is 15.8 Å². The molecular formula is C33H39N4O3+. The average molecular weight is 540 g/mol. The number of aromatic nitrogens is 1. The summed E-state index contributed by atoms with van der Waals surface area (Å²) in [5, 5.41) is 4.93. The van der Waals surface area contributed by atoms with Crippen molar-refractivity contribution in [1.82, 2.24) is 10.3 Å². The van der Waals surface area contributed by atoms with Crippen molar-refractivity contribution in [1.29, 1.82) is 0 Å². The van der Waals surface area contributed by atoms with Crippen molar-refractivity contribution in [3.63, 3.8) is 0 Å². The molecule has 1 aromatic heterocycles. The van der Waals surface area contributed by atoms with Gasteiger partial charge in [-0.05, 0) is 53.6 Å². The zero-order chi connectivity index (χ0) is 28.7. The molecular weight excluding hydrogens is 500 g/mol. The van der Waals surface area contributed by atoms with Gasteiger partial charge in [0.05, 0.1) is 14.1 Å². The van der Waals surface area contributed by atoms with Crippen LogP contribution in [0.2, 0.25) is 0 Å². The topological polar surface area (TPSA) is 94.3 Å². The Balaban J connectivity index is 1.66. The summed E-state index contributed by atoms with van der Waals surface area (Å²) in [7, 11) is 5.68. The molecule has 0 unspecified atom stereocenters. The van der Waals surface area contributed by atoms with E-state index in [0.717, 1.165) is 52.4 Å². The van der Waals surface area contributed by atoms with E-state index in [1.807, 2.05) is 68.7 Å². The standard InChI is InChI=1S/C33H38N4O3/c1-5-6-15-26-21-24-14-10-11-16-27(24)33(36-26)40-20-19-37(3,4)30(32(39)35-2)28-18-17-25(31(34)38)22-29(28)23-12-8-7-9-13-23/h7-14,16-18,21-22,30H,5-6,15,19-20H2,1-4H3,(H2-,34,35,38,39)/p+1/t30-/m1/s1. The maximum atomic E-state index is 13.4. The summed E-state index contributed by atoms with van der Waals surface area (Å²) in [4.78, 5) is 30.3. The van der Waals surface area contributed by atoms with Crippen LogP contribution in [-0.4, -0.2) is 55.6 Å². The van der Waals surface area contributed by atoms with E-state index in [0.29, 0.717) is 29.1 Å². The average Bonchev–Trinajstić information content (AvgIpc) is 2.96.